The Bertz CT molecular complexity index is 1160. The molecule has 0 aliphatic rings. The van der Waals surface area contributed by atoms with E-state index >= 15 is 0 Å². The molecule has 2 aromatic heterocycles. The Morgan fingerprint density at radius 3 is 2.45 bits per heavy atom. The summed E-state index contributed by atoms with van der Waals surface area (Å²) in [5.41, 5.74) is 1.06. The number of aromatic nitrogens is 1. The molecular formula is C22H23N3O6. The third kappa shape index (κ3) is 5.00. The van der Waals surface area contributed by atoms with Gasteiger partial charge in [0.25, 0.3) is 5.91 Å². The van der Waals surface area contributed by atoms with Crippen LogP contribution in [0.2, 0.25) is 0 Å². The molecular weight excluding hydrogens is 402 g/mol. The zero-order chi connectivity index (χ0) is 22.4. The molecule has 3 aromatic rings. The van der Waals surface area contributed by atoms with E-state index in [1.807, 2.05) is 0 Å². The fourth-order valence-corrected chi connectivity index (χ4v) is 3.17. The van der Waals surface area contributed by atoms with Crippen LogP contribution in [0.4, 0.5) is 0 Å². The second-order valence-corrected chi connectivity index (χ2v) is 6.71. The smallest absolute Gasteiger partial charge is 0.340 e. The van der Waals surface area contributed by atoms with E-state index in [9.17, 15) is 14.4 Å². The molecule has 0 saturated heterocycles. The van der Waals surface area contributed by atoms with Gasteiger partial charge in [0.2, 0.25) is 5.91 Å². The van der Waals surface area contributed by atoms with E-state index in [2.05, 4.69) is 15.6 Å². The van der Waals surface area contributed by atoms with Gasteiger partial charge in [0.1, 0.15) is 17.1 Å². The third-order valence-corrected chi connectivity index (χ3v) is 4.78. The molecule has 0 unspecified atom stereocenters. The van der Waals surface area contributed by atoms with Gasteiger partial charge >= 0.3 is 5.63 Å². The van der Waals surface area contributed by atoms with E-state index in [0.717, 1.165) is 0 Å². The van der Waals surface area contributed by atoms with Crippen LogP contribution in [-0.4, -0.2) is 44.1 Å². The fraction of sp³-hybridized carbons (Fsp3) is 0.273. The van der Waals surface area contributed by atoms with E-state index in [4.69, 9.17) is 13.9 Å². The maximum atomic E-state index is 12.5. The molecule has 9 heteroatoms. The lowest BCUT2D eigenvalue weighted by Gasteiger charge is -2.13. The van der Waals surface area contributed by atoms with Crippen LogP contribution in [0.1, 0.15) is 21.5 Å². The molecule has 0 atom stereocenters. The minimum absolute atomic E-state index is 0.155. The van der Waals surface area contributed by atoms with Crippen molar-refractivity contribution >= 4 is 22.8 Å². The first-order valence-electron chi connectivity index (χ1n) is 9.57. The Balaban J connectivity index is 1.66. The molecule has 0 bridgehead atoms. The SMILES string of the molecule is COc1cc(OC)c2c(C)c(CC(=O)NCCNC(=O)c3ccncc3)c(=O)oc2c1. The van der Waals surface area contributed by atoms with Gasteiger partial charge in [-0.3, -0.25) is 14.6 Å². The van der Waals surface area contributed by atoms with Gasteiger partial charge in [-0.1, -0.05) is 0 Å². The van der Waals surface area contributed by atoms with Crippen molar-refractivity contribution in [2.45, 2.75) is 13.3 Å². The quantitative estimate of drug-likeness (QED) is 0.415. The molecule has 2 amide bonds. The van der Waals surface area contributed by atoms with E-state index < -0.39 is 5.63 Å². The molecule has 3 rings (SSSR count). The predicted molar refractivity (Wildman–Crippen MR) is 114 cm³/mol. The second kappa shape index (κ2) is 9.75. The number of benzene rings is 1. The summed E-state index contributed by atoms with van der Waals surface area (Å²) in [6.45, 7) is 2.20. The highest BCUT2D eigenvalue weighted by Gasteiger charge is 2.18. The number of hydrogen-bond acceptors (Lipinski definition) is 7. The molecule has 0 saturated carbocycles. The monoisotopic (exact) mass is 425 g/mol. The summed E-state index contributed by atoms with van der Waals surface area (Å²) in [5.74, 6) is 0.355. The van der Waals surface area contributed by atoms with Crippen molar-refractivity contribution in [1.29, 1.82) is 0 Å². The number of aryl methyl sites for hydroxylation is 1. The number of carbonyl (C=O) groups excluding carboxylic acids is 2. The Hall–Kier alpha value is -3.88. The van der Waals surface area contributed by atoms with Crippen LogP contribution < -0.4 is 25.7 Å². The lowest BCUT2D eigenvalue weighted by atomic mass is 10.0. The lowest BCUT2D eigenvalue weighted by molar-refractivity contribution is -0.120. The summed E-state index contributed by atoms with van der Waals surface area (Å²) < 4.78 is 16.0. The molecule has 0 spiro atoms. The maximum absolute atomic E-state index is 12.5. The van der Waals surface area contributed by atoms with Crippen molar-refractivity contribution in [3.8, 4) is 11.5 Å². The number of fused-ring (bicyclic) bond motifs is 1. The first-order chi connectivity index (χ1) is 14.9. The Morgan fingerprint density at radius 1 is 1.06 bits per heavy atom. The average molecular weight is 425 g/mol. The predicted octanol–water partition coefficient (Wildman–Crippen LogP) is 1.60. The maximum Gasteiger partial charge on any atom is 0.340 e. The van der Waals surface area contributed by atoms with Crippen LogP contribution in [0, 0.1) is 6.92 Å². The summed E-state index contributed by atoms with van der Waals surface area (Å²) >= 11 is 0. The summed E-state index contributed by atoms with van der Waals surface area (Å²) in [5, 5.41) is 6.00. The number of hydrogen-bond donors (Lipinski definition) is 2. The number of pyridine rings is 1. The molecule has 9 nitrogen and oxygen atoms in total. The fourth-order valence-electron chi connectivity index (χ4n) is 3.17. The minimum atomic E-state index is -0.596. The van der Waals surface area contributed by atoms with Crippen LogP contribution in [0.3, 0.4) is 0 Å². The molecule has 0 radical (unpaired) electrons. The highest BCUT2D eigenvalue weighted by atomic mass is 16.5. The summed E-state index contributed by atoms with van der Waals surface area (Å²) in [7, 11) is 3.01. The number of amides is 2. The average Bonchev–Trinajstić information content (AvgIpc) is 2.78. The third-order valence-electron chi connectivity index (χ3n) is 4.78. The second-order valence-electron chi connectivity index (χ2n) is 6.71. The van der Waals surface area contributed by atoms with Crippen LogP contribution in [-0.2, 0) is 11.2 Å². The molecule has 162 valence electrons. The zero-order valence-electron chi connectivity index (χ0n) is 17.5. The molecule has 0 aliphatic heterocycles. The Labute approximate surface area is 178 Å². The normalized spacial score (nSPS) is 10.5. The number of rotatable bonds is 8. The molecule has 0 fully saturated rings. The van der Waals surface area contributed by atoms with Crippen molar-refractivity contribution in [1.82, 2.24) is 15.6 Å². The van der Waals surface area contributed by atoms with Crippen molar-refractivity contribution in [3.63, 3.8) is 0 Å². The van der Waals surface area contributed by atoms with Gasteiger partial charge in [0, 0.05) is 43.2 Å². The van der Waals surface area contributed by atoms with Gasteiger partial charge in [0.15, 0.2) is 0 Å². The number of nitrogens with one attached hydrogen (secondary N) is 2. The first kappa shape index (κ1) is 21.8. The van der Waals surface area contributed by atoms with E-state index in [-0.39, 0.29) is 36.9 Å². The van der Waals surface area contributed by atoms with Crippen molar-refractivity contribution < 1.29 is 23.5 Å². The molecule has 31 heavy (non-hydrogen) atoms. The van der Waals surface area contributed by atoms with Crippen molar-refractivity contribution in [2.24, 2.45) is 0 Å². The molecule has 1 aromatic carbocycles. The topological polar surface area (TPSA) is 120 Å². The summed E-state index contributed by atoms with van der Waals surface area (Å²) in [4.78, 5) is 40.7. The van der Waals surface area contributed by atoms with Crippen LogP contribution in [0.5, 0.6) is 11.5 Å². The highest BCUT2D eigenvalue weighted by molar-refractivity contribution is 5.94. The van der Waals surface area contributed by atoms with Crippen molar-refractivity contribution in [3.05, 3.63) is 63.8 Å². The Morgan fingerprint density at radius 2 is 1.77 bits per heavy atom. The lowest BCUT2D eigenvalue weighted by Crippen LogP contribution is -2.36. The van der Waals surface area contributed by atoms with Gasteiger partial charge in [-0.05, 0) is 24.6 Å². The van der Waals surface area contributed by atoms with E-state index in [1.54, 1.807) is 31.2 Å². The zero-order valence-corrected chi connectivity index (χ0v) is 17.5. The number of nitrogens with zero attached hydrogens (tertiary/aromatic N) is 1. The first-order valence-corrected chi connectivity index (χ1v) is 9.57. The van der Waals surface area contributed by atoms with Crippen molar-refractivity contribution in [2.75, 3.05) is 27.3 Å². The number of ether oxygens (including phenoxy) is 2. The minimum Gasteiger partial charge on any atom is -0.496 e. The molecule has 2 heterocycles. The summed E-state index contributed by atoms with van der Waals surface area (Å²) in [6.07, 6.45) is 2.90. The van der Waals surface area contributed by atoms with E-state index in [0.29, 0.717) is 33.6 Å². The van der Waals surface area contributed by atoms with Crippen LogP contribution >= 0.6 is 0 Å². The number of carbonyl (C=O) groups is 2. The summed E-state index contributed by atoms with van der Waals surface area (Å²) in [6, 6.07) is 6.48. The van der Waals surface area contributed by atoms with Gasteiger partial charge in [0.05, 0.1) is 31.6 Å². The van der Waals surface area contributed by atoms with Crippen LogP contribution in [0.25, 0.3) is 11.0 Å². The highest BCUT2D eigenvalue weighted by Crippen LogP contribution is 2.33. The van der Waals surface area contributed by atoms with Gasteiger partial charge < -0.3 is 24.5 Å². The number of methoxy groups -OCH3 is 2. The standard InChI is InChI=1S/C22H23N3O6/c1-13-16(22(28)31-18-11-15(29-2)10-17(30-3)20(13)18)12-19(26)24-8-9-25-21(27)14-4-6-23-7-5-14/h4-7,10-11H,8-9,12H2,1-3H3,(H,24,26)(H,25,27). The van der Waals surface area contributed by atoms with Gasteiger partial charge in [-0.15, -0.1) is 0 Å². The molecule has 2 N–H and O–H groups in total. The molecule has 0 aliphatic carbocycles. The van der Waals surface area contributed by atoms with Crippen LogP contribution in [0.15, 0.2) is 45.9 Å². The Kier molecular flexibility index (Phi) is 6.86. The largest absolute Gasteiger partial charge is 0.496 e. The van der Waals surface area contributed by atoms with E-state index in [1.165, 1.54) is 26.6 Å². The van der Waals surface area contributed by atoms with Gasteiger partial charge in [-0.2, -0.15) is 0 Å². The van der Waals surface area contributed by atoms with Gasteiger partial charge in [-0.25, -0.2) is 4.79 Å².